The molecule has 2 aromatic rings. The lowest BCUT2D eigenvalue weighted by atomic mass is 9.70. The zero-order valence-electron chi connectivity index (χ0n) is 16.8. The number of methoxy groups -OCH3 is 2. The van der Waals surface area contributed by atoms with Gasteiger partial charge in [0, 0.05) is 22.5 Å². The van der Waals surface area contributed by atoms with Crippen LogP contribution in [0.1, 0.15) is 49.1 Å². The molecule has 28 heavy (non-hydrogen) atoms. The number of benzene rings is 2. The van der Waals surface area contributed by atoms with Crippen molar-refractivity contribution < 1.29 is 9.47 Å². The molecule has 4 atom stereocenters. The summed E-state index contributed by atoms with van der Waals surface area (Å²) in [7, 11) is 3.42. The Labute approximate surface area is 177 Å². The summed E-state index contributed by atoms with van der Waals surface area (Å²) in [5.74, 6) is 2.90. The lowest BCUT2D eigenvalue weighted by Gasteiger charge is -2.45. The molecule has 1 aliphatic heterocycles. The van der Waals surface area contributed by atoms with E-state index in [1.54, 1.807) is 14.2 Å². The van der Waals surface area contributed by atoms with Crippen LogP contribution in [0.15, 0.2) is 46.9 Å². The predicted octanol–water partition coefficient (Wildman–Crippen LogP) is 5.71. The second-order valence-corrected chi connectivity index (χ2v) is 9.13. The summed E-state index contributed by atoms with van der Waals surface area (Å²) in [5.41, 5.74) is 2.75. The quantitative estimate of drug-likeness (QED) is 0.641. The standard InChI is InChI=1S/C24H30BrNO2/c1-27-23-12-9-17(15-24(23)28-2)20-14-18-5-3-4-6-21(18)26-22(20)13-16-7-10-19(25)11-8-16/h7-12,15,18,20-22,26H,3-6,13-14H2,1-2H3. The fraction of sp³-hybridized carbons (Fsp3) is 0.500. The Balaban J connectivity index is 1.63. The molecule has 0 bridgehead atoms. The minimum Gasteiger partial charge on any atom is -0.493 e. The number of nitrogens with one attached hydrogen (secondary N) is 1. The van der Waals surface area contributed by atoms with E-state index in [2.05, 4.69) is 63.7 Å². The average Bonchev–Trinajstić information content (AvgIpc) is 2.74. The fourth-order valence-electron chi connectivity index (χ4n) is 5.12. The van der Waals surface area contributed by atoms with Gasteiger partial charge in [-0.25, -0.2) is 0 Å². The van der Waals surface area contributed by atoms with Crippen LogP contribution >= 0.6 is 15.9 Å². The van der Waals surface area contributed by atoms with Crippen LogP contribution in [0.2, 0.25) is 0 Å². The highest BCUT2D eigenvalue weighted by Crippen LogP contribution is 2.42. The largest absolute Gasteiger partial charge is 0.493 e. The van der Waals surface area contributed by atoms with Gasteiger partial charge >= 0.3 is 0 Å². The topological polar surface area (TPSA) is 30.5 Å². The first-order valence-corrected chi connectivity index (χ1v) is 11.2. The maximum atomic E-state index is 5.59. The maximum absolute atomic E-state index is 5.59. The highest BCUT2D eigenvalue weighted by Gasteiger charge is 2.38. The van der Waals surface area contributed by atoms with Crippen molar-refractivity contribution in [3.63, 3.8) is 0 Å². The van der Waals surface area contributed by atoms with Crippen molar-refractivity contribution >= 4 is 15.9 Å². The van der Waals surface area contributed by atoms with E-state index in [4.69, 9.17) is 9.47 Å². The Hall–Kier alpha value is -1.52. The fourth-order valence-corrected chi connectivity index (χ4v) is 5.38. The molecule has 1 saturated heterocycles. The molecule has 0 aromatic heterocycles. The van der Waals surface area contributed by atoms with E-state index in [0.717, 1.165) is 28.3 Å². The van der Waals surface area contributed by atoms with Gasteiger partial charge in [-0.2, -0.15) is 0 Å². The summed E-state index contributed by atoms with van der Waals surface area (Å²) < 4.78 is 12.2. The molecule has 2 aliphatic rings. The monoisotopic (exact) mass is 443 g/mol. The highest BCUT2D eigenvalue weighted by atomic mass is 79.9. The molecule has 1 aliphatic carbocycles. The van der Waals surface area contributed by atoms with E-state index < -0.39 is 0 Å². The molecule has 1 heterocycles. The number of rotatable bonds is 5. The Morgan fingerprint density at radius 3 is 2.46 bits per heavy atom. The second kappa shape index (κ2) is 8.87. The number of ether oxygens (including phenoxy) is 2. The van der Waals surface area contributed by atoms with Gasteiger partial charge in [-0.3, -0.25) is 0 Å². The van der Waals surface area contributed by atoms with E-state index >= 15 is 0 Å². The van der Waals surface area contributed by atoms with Crippen LogP contribution in [0, 0.1) is 5.92 Å². The molecule has 3 nitrogen and oxygen atoms in total. The zero-order valence-corrected chi connectivity index (χ0v) is 18.4. The summed E-state index contributed by atoms with van der Waals surface area (Å²) >= 11 is 3.55. The number of piperidine rings is 1. The van der Waals surface area contributed by atoms with Crippen molar-refractivity contribution in [3.8, 4) is 11.5 Å². The normalized spacial score (nSPS) is 27.1. The van der Waals surface area contributed by atoms with Crippen LogP contribution in [0.25, 0.3) is 0 Å². The van der Waals surface area contributed by atoms with Gasteiger partial charge in [-0.1, -0.05) is 47.0 Å². The molecule has 150 valence electrons. The van der Waals surface area contributed by atoms with E-state index in [1.165, 1.54) is 43.2 Å². The van der Waals surface area contributed by atoms with Crippen molar-refractivity contribution in [2.24, 2.45) is 5.92 Å². The Morgan fingerprint density at radius 1 is 0.964 bits per heavy atom. The molecule has 2 aromatic carbocycles. The Morgan fingerprint density at radius 2 is 1.71 bits per heavy atom. The maximum Gasteiger partial charge on any atom is 0.160 e. The molecule has 0 radical (unpaired) electrons. The molecule has 4 heteroatoms. The third-order valence-electron chi connectivity index (χ3n) is 6.58. The smallest absolute Gasteiger partial charge is 0.160 e. The van der Waals surface area contributed by atoms with Gasteiger partial charge in [0.1, 0.15) is 0 Å². The van der Waals surface area contributed by atoms with Gasteiger partial charge < -0.3 is 14.8 Å². The molecule has 1 N–H and O–H groups in total. The molecule has 1 saturated carbocycles. The van der Waals surface area contributed by atoms with E-state index in [-0.39, 0.29) is 0 Å². The number of hydrogen-bond donors (Lipinski definition) is 1. The van der Waals surface area contributed by atoms with Crippen molar-refractivity contribution in [2.45, 2.75) is 56.5 Å². The van der Waals surface area contributed by atoms with Crippen molar-refractivity contribution in [1.29, 1.82) is 0 Å². The Kier molecular flexibility index (Phi) is 6.27. The molecular weight excluding hydrogens is 414 g/mol. The first kappa shape index (κ1) is 19.8. The number of halogens is 1. The molecule has 0 amide bonds. The SMILES string of the molecule is COc1ccc(C2CC3CCCCC3NC2Cc2ccc(Br)cc2)cc1OC. The van der Waals surface area contributed by atoms with Crippen molar-refractivity contribution in [2.75, 3.05) is 14.2 Å². The zero-order chi connectivity index (χ0) is 19.5. The minimum absolute atomic E-state index is 0.443. The summed E-state index contributed by atoms with van der Waals surface area (Å²) in [6, 6.07) is 16.4. The van der Waals surface area contributed by atoms with Gasteiger partial charge in [0.2, 0.25) is 0 Å². The van der Waals surface area contributed by atoms with Gasteiger partial charge in [0.15, 0.2) is 11.5 Å². The van der Waals surface area contributed by atoms with Crippen LogP contribution in [-0.4, -0.2) is 26.3 Å². The van der Waals surface area contributed by atoms with Crippen LogP contribution in [-0.2, 0) is 6.42 Å². The molecule has 4 unspecified atom stereocenters. The third-order valence-corrected chi connectivity index (χ3v) is 7.11. The summed E-state index contributed by atoms with van der Waals surface area (Å²) in [4.78, 5) is 0. The second-order valence-electron chi connectivity index (χ2n) is 8.21. The lowest BCUT2D eigenvalue weighted by Crippen LogP contribution is -2.53. The van der Waals surface area contributed by atoms with Gasteiger partial charge in [0.05, 0.1) is 14.2 Å². The Bertz CT molecular complexity index is 792. The predicted molar refractivity (Wildman–Crippen MR) is 117 cm³/mol. The molecular formula is C24H30BrNO2. The van der Waals surface area contributed by atoms with Crippen LogP contribution in [0.3, 0.4) is 0 Å². The van der Waals surface area contributed by atoms with E-state index in [0.29, 0.717) is 18.0 Å². The van der Waals surface area contributed by atoms with Crippen LogP contribution in [0.4, 0.5) is 0 Å². The van der Waals surface area contributed by atoms with E-state index in [9.17, 15) is 0 Å². The average molecular weight is 444 g/mol. The van der Waals surface area contributed by atoms with Crippen LogP contribution < -0.4 is 14.8 Å². The lowest BCUT2D eigenvalue weighted by molar-refractivity contribution is 0.155. The minimum atomic E-state index is 0.443. The molecule has 4 rings (SSSR count). The van der Waals surface area contributed by atoms with Gasteiger partial charge in [-0.15, -0.1) is 0 Å². The van der Waals surface area contributed by atoms with Crippen molar-refractivity contribution in [3.05, 3.63) is 58.1 Å². The summed E-state index contributed by atoms with van der Waals surface area (Å²) in [6.45, 7) is 0. The van der Waals surface area contributed by atoms with E-state index in [1.807, 2.05) is 0 Å². The molecule has 0 spiro atoms. The summed E-state index contributed by atoms with van der Waals surface area (Å²) in [6.07, 6.45) is 7.72. The number of hydrogen-bond acceptors (Lipinski definition) is 3. The summed E-state index contributed by atoms with van der Waals surface area (Å²) in [5, 5.41) is 4.05. The first-order chi connectivity index (χ1) is 13.7. The highest BCUT2D eigenvalue weighted by molar-refractivity contribution is 9.10. The van der Waals surface area contributed by atoms with Gasteiger partial charge in [0.25, 0.3) is 0 Å². The third kappa shape index (κ3) is 4.23. The van der Waals surface area contributed by atoms with Gasteiger partial charge in [-0.05, 0) is 67.0 Å². The van der Waals surface area contributed by atoms with Crippen molar-refractivity contribution in [1.82, 2.24) is 5.32 Å². The molecule has 2 fully saturated rings. The number of fused-ring (bicyclic) bond motifs is 1. The first-order valence-electron chi connectivity index (χ1n) is 10.4. The van der Waals surface area contributed by atoms with Crippen LogP contribution in [0.5, 0.6) is 11.5 Å².